The van der Waals surface area contributed by atoms with Gasteiger partial charge >= 0.3 is 0 Å². The summed E-state index contributed by atoms with van der Waals surface area (Å²) < 4.78 is 40.8. The van der Waals surface area contributed by atoms with E-state index in [9.17, 15) is 12.8 Å². The van der Waals surface area contributed by atoms with E-state index in [0.717, 1.165) is 5.56 Å². The highest BCUT2D eigenvalue weighted by Gasteiger charge is 2.28. The third-order valence-electron chi connectivity index (χ3n) is 3.32. The molecular weight excluding hydrogens is 289 g/mol. The molecule has 0 unspecified atom stereocenters. The molecule has 0 bridgehead atoms. The fraction of sp³-hybridized carbons (Fsp3) is 0.250. The zero-order valence-electron chi connectivity index (χ0n) is 12.2. The van der Waals surface area contributed by atoms with Crippen molar-refractivity contribution in [2.75, 3.05) is 0 Å². The number of hydrogen-bond donors (Lipinski definition) is 1. The van der Waals surface area contributed by atoms with E-state index in [-0.39, 0.29) is 4.90 Å². The first-order chi connectivity index (χ1) is 9.72. The lowest BCUT2D eigenvalue weighted by Gasteiger charge is -2.26. The lowest BCUT2D eigenvalue weighted by molar-refractivity contribution is 0.472. The van der Waals surface area contributed by atoms with Crippen LogP contribution in [0.25, 0.3) is 0 Å². The summed E-state index contributed by atoms with van der Waals surface area (Å²) in [7, 11) is -3.72. The van der Waals surface area contributed by atoms with Gasteiger partial charge in [0.1, 0.15) is 5.82 Å². The fourth-order valence-electron chi connectivity index (χ4n) is 2.09. The molecule has 1 N–H and O–H groups in total. The van der Waals surface area contributed by atoms with Crippen LogP contribution in [0.15, 0.2) is 53.4 Å². The number of halogens is 1. The molecule has 112 valence electrons. The van der Waals surface area contributed by atoms with Crippen LogP contribution in [-0.4, -0.2) is 8.42 Å². The van der Waals surface area contributed by atoms with Gasteiger partial charge in [-0.15, -0.1) is 0 Å². The van der Waals surface area contributed by atoms with Crippen LogP contribution < -0.4 is 4.72 Å². The summed E-state index contributed by atoms with van der Waals surface area (Å²) in [4.78, 5) is 0.0606. The minimum atomic E-state index is -3.72. The average Bonchev–Trinajstić information content (AvgIpc) is 2.41. The molecule has 3 nitrogen and oxygen atoms in total. The van der Waals surface area contributed by atoms with Gasteiger partial charge in [-0.1, -0.05) is 30.3 Å². The van der Waals surface area contributed by atoms with E-state index in [1.54, 1.807) is 13.8 Å². The highest BCUT2D eigenvalue weighted by atomic mass is 32.2. The first-order valence-corrected chi connectivity index (χ1v) is 8.06. The first-order valence-electron chi connectivity index (χ1n) is 6.58. The van der Waals surface area contributed by atoms with E-state index in [1.165, 1.54) is 25.1 Å². The maximum atomic E-state index is 13.3. The second-order valence-electron chi connectivity index (χ2n) is 5.51. The molecule has 0 saturated carbocycles. The zero-order valence-corrected chi connectivity index (χ0v) is 13.0. The van der Waals surface area contributed by atoms with Crippen molar-refractivity contribution in [2.45, 2.75) is 31.2 Å². The first kappa shape index (κ1) is 15.7. The predicted octanol–water partition coefficient (Wildman–Crippen LogP) is 3.35. The minimum Gasteiger partial charge on any atom is -0.207 e. The molecule has 0 aliphatic heterocycles. The number of sulfonamides is 1. The molecule has 2 aromatic carbocycles. The van der Waals surface area contributed by atoms with E-state index in [4.69, 9.17) is 0 Å². The molecule has 0 spiro atoms. The van der Waals surface area contributed by atoms with Gasteiger partial charge in [-0.25, -0.2) is 17.5 Å². The van der Waals surface area contributed by atoms with Crippen molar-refractivity contribution >= 4 is 10.0 Å². The number of rotatable bonds is 4. The van der Waals surface area contributed by atoms with Crippen LogP contribution in [0.5, 0.6) is 0 Å². The number of benzene rings is 2. The van der Waals surface area contributed by atoms with Crippen LogP contribution in [0.4, 0.5) is 4.39 Å². The normalized spacial score (nSPS) is 12.4. The Kier molecular flexibility index (Phi) is 4.16. The summed E-state index contributed by atoms with van der Waals surface area (Å²) >= 11 is 0. The predicted molar refractivity (Wildman–Crippen MR) is 80.9 cm³/mol. The molecule has 0 aromatic heterocycles. The lowest BCUT2D eigenvalue weighted by atomic mass is 9.96. The molecule has 0 aliphatic rings. The Morgan fingerprint density at radius 3 is 2.24 bits per heavy atom. The second kappa shape index (κ2) is 5.58. The Bertz CT molecular complexity index is 740. The molecule has 0 heterocycles. The summed E-state index contributed by atoms with van der Waals surface area (Å²) in [5.41, 5.74) is 0.394. The quantitative estimate of drug-likeness (QED) is 0.941. The van der Waals surface area contributed by atoms with E-state index in [1.807, 2.05) is 30.3 Å². The van der Waals surface area contributed by atoms with Crippen LogP contribution in [0.3, 0.4) is 0 Å². The standard InChI is InChI=1S/C16H18FNO2S/c1-12-11-14(9-10-15(12)17)21(19,20)18-16(2,3)13-7-5-4-6-8-13/h4-11,18H,1-3H3. The molecule has 0 fully saturated rings. The minimum absolute atomic E-state index is 0.0606. The van der Waals surface area contributed by atoms with Gasteiger partial charge in [-0.3, -0.25) is 0 Å². The van der Waals surface area contributed by atoms with Crippen LogP contribution in [-0.2, 0) is 15.6 Å². The summed E-state index contributed by atoms with van der Waals surface area (Å²) in [6.45, 7) is 5.11. The van der Waals surface area contributed by atoms with Crippen LogP contribution in [0.2, 0.25) is 0 Å². The van der Waals surface area contributed by atoms with Crippen LogP contribution in [0, 0.1) is 12.7 Å². The summed E-state index contributed by atoms with van der Waals surface area (Å²) in [5, 5.41) is 0. The molecule has 0 saturated heterocycles. The van der Waals surface area contributed by atoms with Gasteiger partial charge in [0, 0.05) is 0 Å². The maximum Gasteiger partial charge on any atom is 0.241 e. The van der Waals surface area contributed by atoms with Crippen LogP contribution >= 0.6 is 0 Å². The Hall–Kier alpha value is -1.72. The van der Waals surface area contributed by atoms with Gasteiger partial charge in [0.05, 0.1) is 10.4 Å². The Labute approximate surface area is 124 Å². The van der Waals surface area contributed by atoms with Crippen molar-refractivity contribution < 1.29 is 12.8 Å². The van der Waals surface area contributed by atoms with Gasteiger partial charge in [0.15, 0.2) is 0 Å². The summed E-state index contributed by atoms with van der Waals surface area (Å²) in [6, 6.07) is 13.1. The average molecular weight is 307 g/mol. The summed E-state index contributed by atoms with van der Waals surface area (Å²) in [5.74, 6) is -0.420. The van der Waals surface area contributed by atoms with Gasteiger partial charge in [-0.2, -0.15) is 0 Å². The van der Waals surface area contributed by atoms with Gasteiger partial charge < -0.3 is 0 Å². The Balaban J connectivity index is 2.35. The highest BCUT2D eigenvalue weighted by molar-refractivity contribution is 7.89. The molecule has 0 atom stereocenters. The van der Waals surface area contributed by atoms with E-state index in [0.29, 0.717) is 5.56 Å². The van der Waals surface area contributed by atoms with Crippen molar-refractivity contribution in [1.29, 1.82) is 0 Å². The van der Waals surface area contributed by atoms with Crippen LogP contribution in [0.1, 0.15) is 25.0 Å². The van der Waals surface area contributed by atoms with Crippen molar-refractivity contribution in [2.24, 2.45) is 0 Å². The maximum absolute atomic E-state index is 13.3. The van der Waals surface area contributed by atoms with Crippen molar-refractivity contribution in [3.05, 3.63) is 65.5 Å². The lowest BCUT2D eigenvalue weighted by Crippen LogP contribution is -2.40. The zero-order chi connectivity index (χ0) is 15.7. The smallest absolute Gasteiger partial charge is 0.207 e. The topological polar surface area (TPSA) is 46.2 Å². The molecule has 5 heteroatoms. The van der Waals surface area contributed by atoms with Crippen molar-refractivity contribution in [3.8, 4) is 0 Å². The van der Waals surface area contributed by atoms with E-state index >= 15 is 0 Å². The number of hydrogen-bond acceptors (Lipinski definition) is 2. The Morgan fingerprint density at radius 2 is 1.67 bits per heavy atom. The van der Waals surface area contributed by atoms with E-state index < -0.39 is 21.4 Å². The molecule has 2 rings (SSSR count). The fourth-order valence-corrected chi connectivity index (χ4v) is 3.58. The molecule has 21 heavy (non-hydrogen) atoms. The Morgan fingerprint density at radius 1 is 1.05 bits per heavy atom. The van der Waals surface area contributed by atoms with E-state index in [2.05, 4.69) is 4.72 Å². The summed E-state index contributed by atoms with van der Waals surface area (Å²) in [6.07, 6.45) is 0. The SMILES string of the molecule is Cc1cc(S(=O)(=O)NC(C)(C)c2ccccc2)ccc1F. The van der Waals surface area contributed by atoms with Crippen molar-refractivity contribution in [1.82, 2.24) is 4.72 Å². The highest BCUT2D eigenvalue weighted by Crippen LogP contribution is 2.23. The molecule has 0 amide bonds. The molecular formula is C16H18FNO2S. The number of nitrogens with one attached hydrogen (secondary N) is 1. The monoisotopic (exact) mass is 307 g/mol. The van der Waals surface area contributed by atoms with Gasteiger partial charge in [0.25, 0.3) is 0 Å². The molecule has 2 aromatic rings. The van der Waals surface area contributed by atoms with Gasteiger partial charge in [-0.05, 0) is 50.1 Å². The number of aryl methyl sites for hydroxylation is 1. The molecule has 0 radical (unpaired) electrons. The third kappa shape index (κ3) is 3.49. The van der Waals surface area contributed by atoms with Crippen molar-refractivity contribution in [3.63, 3.8) is 0 Å². The largest absolute Gasteiger partial charge is 0.241 e. The molecule has 0 aliphatic carbocycles. The second-order valence-corrected chi connectivity index (χ2v) is 7.19. The third-order valence-corrected chi connectivity index (χ3v) is 4.98. The van der Waals surface area contributed by atoms with Gasteiger partial charge in [0.2, 0.25) is 10.0 Å².